The Balaban J connectivity index is 1.57. The number of hydrogen-bond acceptors (Lipinski definition) is 8. The summed E-state index contributed by atoms with van der Waals surface area (Å²) in [7, 11) is 0. The zero-order valence-corrected chi connectivity index (χ0v) is 14.4. The maximum Gasteiger partial charge on any atom is 0.279 e. The SMILES string of the molecule is Cc1c(C(=O)Nc2nnc(C3CC3)s2)nnn1-c1cccc([N+](=O)[O-])c1. The minimum absolute atomic E-state index is 0.0649. The highest BCUT2D eigenvalue weighted by Crippen LogP contribution is 2.42. The van der Waals surface area contributed by atoms with Crippen LogP contribution in [0.25, 0.3) is 5.69 Å². The predicted molar refractivity (Wildman–Crippen MR) is 92.6 cm³/mol. The highest BCUT2D eigenvalue weighted by atomic mass is 32.1. The fourth-order valence-corrected chi connectivity index (χ4v) is 3.37. The van der Waals surface area contributed by atoms with Crippen molar-refractivity contribution >= 4 is 28.1 Å². The fourth-order valence-electron chi connectivity index (χ4n) is 2.46. The molecule has 1 aliphatic carbocycles. The predicted octanol–water partition coefficient (Wildman–Crippen LogP) is 2.47. The monoisotopic (exact) mass is 371 g/mol. The lowest BCUT2D eigenvalue weighted by atomic mass is 10.2. The summed E-state index contributed by atoms with van der Waals surface area (Å²) in [5, 5.41) is 30.8. The molecule has 132 valence electrons. The summed E-state index contributed by atoms with van der Waals surface area (Å²) >= 11 is 1.36. The van der Waals surface area contributed by atoms with Crippen molar-refractivity contribution in [1.29, 1.82) is 0 Å². The van der Waals surface area contributed by atoms with Crippen LogP contribution in [0.5, 0.6) is 0 Å². The van der Waals surface area contributed by atoms with Crippen molar-refractivity contribution in [3.63, 3.8) is 0 Å². The van der Waals surface area contributed by atoms with Gasteiger partial charge in [0.2, 0.25) is 5.13 Å². The second kappa shape index (κ2) is 6.26. The first-order valence-electron chi connectivity index (χ1n) is 7.85. The van der Waals surface area contributed by atoms with Gasteiger partial charge in [-0.25, -0.2) is 4.68 Å². The van der Waals surface area contributed by atoms with Crippen molar-refractivity contribution in [3.05, 3.63) is 50.8 Å². The van der Waals surface area contributed by atoms with Gasteiger partial charge < -0.3 is 0 Å². The minimum atomic E-state index is -0.490. The molecule has 4 rings (SSSR count). The van der Waals surface area contributed by atoms with Crippen molar-refractivity contribution in [2.45, 2.75) is 25.7 Å². The number of anilines is 1. The highest BCUT2D eigenvalue weighted by Gasteiger charge is 2.28. The van der Waals surface area contributed by atoms with Crippen LogP contribution in [0.4, 0.5) is 10.8 Å². The molecule has 10 nitrogen and oxygen atoms in total. The zero-order valence-electron chi connectivity index (χ0n) is 13.6. The van der Waals surface area contributed by atoms with Crippen LogP contribution in [0.2, 0.25) is 0 Å². The maximum absolute atomic E-state index is 12.5. The molecule has 1 fully saturated rings. The van der Waals surface area contributed by atoms with Crippen LogP contribution in [0.1, 0.15) is 39.9 Å². The second-order valence-corrected chi connectivity index (χ2v) is 6.90. The Morgan fingerprint density at radius 3 is 2.88 bits per heavy atom. The summed E-state index contributed by atoms with van der Waals surface area (Å²) in [5.74, 6) is 0.0207. The number of rotatable bonds is 5. The van der Waals surface area contributed by atoms with E-state index in [0.717, 1.165) is 17.8 Å². The van der Waals surface area contributed by atoms with E-state index in [1.54, 1.807) is 19.1 Å². The molecular formula is C15H13N7O3S. The van der Waals surface area contributed by atoms with Gasteiger partial charge in [0.1, 0.15) is 5.01 Å². The number of carbonyl (C=O) groups excluding carboxylic acids is 1. The zero-order chi connectivity index (χ0) is 18.3. The largest absolute Gasteiger partial charge is 0.295 e. The molecule has 0 spiro atoms. The number of nitrogens with zero attached hydrogens (tertiary/aromatic N) is 6. The van der Waals surface area contributed by atoms with Gasteiger partial charge in [-0.05, 0) is 25.8 Å². The van der Waals surface area contributed by atoms with Gasteiger partial charge in [-0.15, -0.1) is 15.3 Å². The third kappa shape index (κ3) is 3.04. The van der Waals surface area contributed by atoms with Crippen LogP contribution < -0.4 is 5.32 Å². The Morgan fingerprint density at radius 2 is 2.15 bits per heavy atom. The van der Waals surface area contributed by atoms with E-state index in [2.05, 4.69) is 25.8 Å². The van der Waals surface area contributed by atoms with Gasteiger partial charge in [0, 0.05) is 18.1 Å². The van der Waals surface area contributed by atoms with Gasteiger partial charge in [-0.3, -0.25) is 20.2 Å². The molecule has 0 bridgehead atoms. The first kappa shape index (κ1) is 16.3. The standard InChI is InChI=1S/C15H13N7O3S/c1-8-12(13(23)16-15-19-18-14(26-15)9-5-6-9)17-20-21(8)10-3-2-4-11(7-10)22(24)25/h2-4,7,9H,5-6H2,1H3,(H,16,19,23). The summed E-state index contributed by atoms with van der Waals surface area (Å²) in [6.07, 6.45) is 2.22. The lowest BCUT2D eigenvalue weighted by Gasteiger charge is -2.03. The molecule has 0 saturated heterocycles. The van der Waals surface area contributed by atoms with E-state index in [9.17, 15) is 14.9 Å². The Kier molecular flexibility index (Phi) is 3.92. The number of amides is 1. The molecular weight excluding hydrogens is 358 g/mol. The van der Waals surface area contributed by atoms with E-state index in [1.165, 1.54) is 28.2 Å². The quantitative estimate of drug-likeness (QED) is 0.539. The minimum Gasteiger partial charge on any atom is -0.295 e. The van der Waals surface area contributed by atoms with Crippen molar-refractivity contribution in [2.24, 2.45) is 0 Å². The van der Waals surface area contributed by atoms with E-state index >= 15 is 0 Å². The van der Waals surface area contributed by atoms with E-state index < -0.39 is 10.8 Å². The Hall–Kier alpha value is -3.21. The van der Waals surface area contributed by atoms with Gasteiger partial charge in [0.05, 0.1) is 16.3 Å². The number of non-ortho nitro benzene ring substituents is 1. The molecule has 11 heteroatoms. The number of nitrogens with one attached hydrogen (secondary N) is 1. The second-order valence-electron chi connectivity index (χ2n) is 5.89. The maximum atomic E-state index is 12.5. The Bertz CT molecular complexity index is 1010. The summed E-state index contributed by atoms with van der Waals surface area (Å²) in [6.45, 7) is 1.67. The molecule has 0 radical (unpaired) electrons. The van der Waals surface area contributed by atoms with E-state index in [4.69, 9.17) is 0 Å². The molecule has 0 atom stereocenters. The summed E-state index contributed by atoms with van der Waals surface area (Å²) < 4.78 is 1.39. The van der Waals surface area contributed by atoms with Gasteiger partial charge in [0.15, 0.2) is 5.69 Å². The van der Waals surface area contributed by atoms with Gasteiger partial charge in [-0.2, -0.15) is 0 Å². The van der Waals surface area contributed by atoms with E-state index in [1.807, 2.05) is 0 Å². The molecule has 1 N–H and O–H groups in total. The molecule has 2 aromatic heterocycles. The molecule has 26 heavy (non-hydrogen) atoms. The molecule has 1 amide bonds. The first-order valence-corrected chi connectivity index (χ1v) is 8.66. The number of nitro benzene ring substituents is 1. The smallest absolute Gasteiger partial charge is 0.279 e. The molecule has 3 aromatic rings. The van der Waals surface area contributed by atoms with Crippen molar-refractivity contribution in [3.8, 4) is 5.69 Å². The number of nitro groups is 1. The average Bonchev–Trinajstić information content (AvgIpc) is 3.25. The number of aromatic nitrogens is 5. The lowest BCUT2D eigenvalue weighted by Crippen LogP contribution is -2.14. The van der Waals surface area contributed by atoms with Crippen LogP contribution in [0.15, 0.2) is 24.3 Å². The summed E-state index contributed by atoms with van der Waals surface area (Å²) in [5.41, 5.74) is 0.981. The summed E-state index contributed by atoms with van der Waals surface area (Å²) in [4.78, 5) is 22.9. The number of hydrogen-bond donors (Lipinski definition) is 1. The Morgan fingerprint density at radius 1 is 1.35 bits per heavy atom. The molecule has 1 saturated carbocycles. The van der Waals surface area contributed by atoms with Gasteiger partial charge >= 0.3 is 0 Å². The van der Waals surface area contributed by atoms with Crippen LogP contribution in [-0.4, -0.2) is 36.0 Å². The number of carbonyl (C=O) groups is 1. The molecule has 0 unspecified atom stereocenters. The van der Waals surface area contributed by atoms with Crippen molar-refractivity contribution in [1.82, 2.24) is 25.2 Å². The van der Waals surface area contributed by atoms with Crippen molar-refractivity contribution < 1.29 is 9.72 Å². The van der Waals surface area contributed by atoms with Crippen molar-refractivity contribution in [2.75, 3.05) is 5.32 Å². The topological polar surface area (TPSA) is 129 Å². The van der Waals surface area contributed by atoms with Gasteiger partial charge in [-0.1, -0.05) is 22.6 Å². The highest BCUT2D eigenvalue weighted by molar-refractivity contribution is 7.15. The van der Waals surface area contributed by atoms with Crippen LogP contribution in [0, 0.1) is 17.0 Å². The average molecular weight is 371 g/mol. The molecule has 1 aromatic carbocycles. The molecule has 2 heterocycles. The van der Waals surface area contributed by atoms with Gasteiger partial charge in [0.25, 0.3) is 11.6 Å². The third-order valence-corrected chi connectivity index (χ3v) is 4.98. The van der Waals surface area contributed by atoms with Crippen LogP contribution in [-0.2, 0) is 0 Å². The fraction of sp³-hybridized carbons (Fsp3) is 0.267. The normalized spacial score (nSPS) is 13.6. The third-order valence-electron chi connectivity index (χ3n) is 3.98. The van der Waals surface area contributed by atoms with Crippen LogP contribution >= 0.6 is 11.3 Å². The van der Waals surface area contributed by atoms with Crippen LogP contribution in [0.3, 0.4) is 0 Å². The van der Waals surface area contributed by atoms with E-state index in [-0.39, 0.29) is 11.4 Å². The molecule has 1 aliphatic rings. The molecule has 0 aliphatic heterocycles. The summed E-state index contributed by atoms with van der Waals surface area (Å²) in [6, 6.07) is 5.96. The van der Waals surface area contributed by atoms with E-state index in [0.29, 0.717) is 22.4 Å². The number of benzene rings is 1. The Labute approximate surface area is 151 Å². The first-order chi connectivity index (χ1) is 12.5. The lowest BCUT2D eigenvalue weighted by molar-refractivity contribution is -0.384.